The fourth-order valence-electron chi connectivity index (χ4n) is 2.21. The van der Waals surface area contributed by atoms with Crippen LogP contribution in [0.25, 0.3) is 0 Å². The maximum Gasteiger partial charge on any atom is 0.250 e. The highest BCUT2D eigenvalue weighted by Crippen LogP contribution is 2.28. The van der Waals surface area contributed by atoms with E-state index >= 15 is 0 Å². The minimum atomic E-state index is -3.29. The second-order valence-electron chi connectivity index (χ2n) is 4.40. The summed E-state index contributed by atoms with van der Waals surface area (Å²) >= 11 is 4.52. The van der Waals surface area contributed by atoms with Crippen molar-refractivity contribution in [3.05, 3.63) is 15.9 Å². The lowest BCUT2D eigenvalue weighted by atomic mass is 10.1. The van der Waals surface area contributed by atoms with Crippen molar-refractivity contribution in [1.29, 1.82) is 0 Å². The molecule has 2 rings (SSSR count). The quantitative estimate of drug-likeness (QED) is 0.895. The number of hydrogen-bond donors (Lipinski definition) is 1. The highest BCUT2D eigenvalue weighted by atomic mass is 79.9. The predicted molar refractivity (Wildman–Crippen MR) is 73.8 cm³/mol. The zero-order valence-electron chi connectivity index (χ0n) is 9.49. The summed E-state index contributed by atoms with van der Waals surface area (Å²) in [6, 6.07) is 3.39. The second kappa shape index (κ2) is 5.82. The molecule has 0 aliphatic heterocycles. The van der Waals surface area contributed by atoms with Gasteiger partial charge in [0.15, 0.2) is 0 Å². The first-order chi connectivity index (χ1) is 8.08. The van der Waals surface area contributed by atoms with Gasteiger partial charge in [0.25, 0.3) is 0 Å². The van der Waals surface area contributed by atoms with Crippen molar-refractivity contribution in [2.45, 2.75) is 36.3 Å². The van der Waals surface area contributed by atoms with Gasteiger partial charge in [0.05, 0.1) is 3.79 Å². The lowest BCUT2D eigenvalue weighted by Gasteiger charge is -2.09. The summed E-state index contributed by atoms with van der Waals surface area (Å²) in [4.78, 5) is 0. The molecule has 0 aromatic carbocycles. The van der Waals surface area contributed by atoms with Crippen LogP contribution >= 0.6 is 27.3 Å². The van der Waals surface area contributed by atoms with Gasteiger partial charge in [-0.2, -0.15) is 0 Å². The molecule has 0 saturated heterocycles. The molecule has 17 heavy (non-hydrogen) atoms. The molecule has 0 spiro atoms. The summed E-state index contributed by atoms with van der Waals surface area (Å²) in [6.07, 6.45) is 6.08. The minimum absolute atomic E-state index is 0.385. The van der Waals surface area contributed by atoms with Gasteiger partial charge < -0.3 is 0 Å². The van der Waals surface area contributed by atoms with Gasteiger partial charge in [0.1, 0.15) is 4.21 Å². The van der Waals surface area contributed by atoms with Crippen LogP contribution in [0.1, 0.15) is 32.1 Å². The molecule has 0 bridgehead atoms. The van der Waals surface area contributed by atoms with Crippen molar-refractivity contribution in [3.63, 3.8) is 0 Å². The Hall–Kier alpha value is 0.0900. The number of thiophene rings is 1. The third kappa shape index (κ3) is 3.77. The summed E-state index contributed by atoms with van der Waals surface area (Å²) in [7, 11) is -3.29. The summed E-state index contributed by atoms with van der Waals surface area (Å²) in [5.41, 5.74) is 0. The van der Waals surface area contributed by atoms with Gasteiger partial charge in [-0.25, -0.2) is 13.1 Å². The van der Waals surface area contributed by atoms with E-state index in [0.717, 1.165) is 10.2 Å². The molecule has 1 aliphatic rings. The summed E-state index contributed by atoms with van der Waals surface area (Å²) < 4.78 is 27.7. The highest BCUT2D eigenvalue weighted by molar-refractivity contribution is 9.11. The van der Waals surface area contributed by atoms with E-state index in [0.29, 0.717) is 16.7 Å². The normalized spacial score (nSPS) is 17.7. The summed E-state index contributed by atoms with van der Waals surface area (Å²) in [6.45, 7) is 0.558. The minimum Gasteiger partial charge on any atom is -0.210 e. The molecular weight excluding hydrogens is 322 g/mol. The Kier molecular flexibility index (Phi) is 4.63. The van der Waals surface area contributed by atoms with Crippen molar-refractivity contribution in [3.8, 4) is 0 Å². The first kappa shape index (κ1) is 13.5. The van der Waals surface area contributed by atoms with Crippen molar-refractivity contribution in [2.24, 2.45) is 5.92 Å². The molecule has 6 heteroatoms. The average Bonchev–Trinajstić information content (AvgIpc) is 2.89. The van der Waals surface area contributed by atoms with Gasteiger partial charge in [-0.3, -0.25) is 0 Å². The number of hydrogen-bond acceptors (Lipinski definition) is 3. The van der Waals surface area contributed by atoms with E-state index in [9.17, 15) is 8.42 Å². The predicted octanol–water partition coefficient (Wildman–Crippen LogP) is 3.37. The smallest absolute Gasteiger partial charge is 0.210 e. The number of nitrogens with one attached hydrogen (secondary N) is 1. The monoisotopic (exact) mass is 337 g/mol. The van der Waals surface area contributed by atoms with Crippen LogP contribution in [-0.4, -0.2) is 15.0 Å². The van der Waals surface area contributed by atoms with E-state index in [1.807, 2.05) is 0 Å². The first-order valence-electron chi connectivity index (χ1n) is 5.83. The van der Waals surface area contributed by atoms with Gasteiger partial charge in [0, 0.05) is 6.54 Å². The molecule has 1 fully saturated rings. The van der Waals surface area contributed by atoms with E-state index < -0.39 is 10.0 Å². The lowest BCUT2D eigenvalue weighted by Crippen LogP contribution is -2.25. The molecule has 1 heterocycles. The van der Waals surface area contributed by atoms with Gasteiger partial charge in [-0.1, -0.05) is 25.7 Å². The average molecular weight is 338 g/mol. The lowest BCUT2D eigenvalue weighted by molar-refractivity contribution is 0.496. The number of rotatable bonds is 5. The van der Waals surface area contributed by atoms with E-state index in [2.05, 4.69) is 20.7 Å². The fraction of sp³-hybridized carbons (Fsp3) is 0.636. The fourth-order valence-corrected chi connectivity index (χ4v) is 5.31. The van der Waals surface area contributed by atoms with Crippen molar-refractivity contribution in [2.75, 3.05) is 6.54 Å². The summed E-state index contributed by atoms with van der Waals surface area (Å²) in [5, 5.41) is 0. The van der Waals surface area contributed by atoms with E-state index in [1.165, 1.54) is 37.0 Å². The molecule has 96 valence electrons. The Morgan fingerprint density at radius 3 is 2.65 bits per heavy atom. The maximum absolute atomic E-state index is 11.9. The molecule has 3 nitrogen and oxygen atoms in total. The molecule has 1 aromatic rings. The maximum atomic E-state index is 11.9. The van der Waals surface area contributed by atoms with Gasteiger partial charge in [-0.05, 0) is 40.4 Å². The van der Waals surface area contributed by atoms with Crippen molar-refractivity contribution >= 4 is 37.3 Å². The zero-order valence-corrected chi connectivity index (χ0v) is 12.7. The molecule has 0 radical (unpaired) electrons. The molecule has 1 aromatic heterocycles. The van der Waals surface area contributed by atoms with Crippen LogP contribution in [0.5, 0.6) is 0 Å². The van der Waals surface area contributed by atoms with Crippen LogP contribution in [0.3, 0.4) is 0 Å². The molecular formula is C11H16BrNO2S2. The van der Waals surface area contributed by atoms with Crippen LogP contribution in [-0.2, 0) is 10.0 Å². The van der Waals surface area contributed by atoms with Crippen LogP contribution in [0.4, 0.5) is 0 Å². The van der Waals surface area contributed by atoms with Crippen molar-refractivity contribution in [1.82, 2.24) is 4.72 Å². The van der Waals surface area contributed by atoms with Crippen LogP contribution in [0.15, 0.2) is 20.1 Å². The number of sulfonamides is 1. The SMILES string of the molecule is O=S(=O)(NCCC1CCCC1)c1ccc(Br)s1. The van der Waals surface area contributed by atoms with Crippen molar-refractivity contribution < 1.29 is 8.42 Å². The Labute approximate surface area is 115 Å². The second-order valence-corrected chi connectivity index (χ2v) is 8.85. The Bertz CT molecular complexity index is 464. The van der Waals surface area contributed by atoms with Gasteiger partial charge in [0.2, 0.25) is 10.0 Å². The van der Waals surface area contributed by atoms with Gasteiger partial charge in [-0.15, -0.1) is 11.3 Å². The first-order valence-corrected chi connectivity index (χ1v) is 8.92. The van der Waals surface area contributed by atoms with E-state index in [1.54, 1.807) is 12.1 Å². The molecule has 0 amide bonds. The Balaban J connectivity index is 1.85. The third-order valence-corrected chi connectivity index (χ3v) is 6.71. The van der Waals surface area contributed by atoms with E-state index in [4.69, 9.17) is 0 Å². The molecule has 0 atom stereocenters. The van der Waals surface area contributed by atoms with Crippen LogP contribution in [0.2, 0.25) is 0 Å². The summed E-state index contributed by atoms with van der Waals surface area (Å²) in [5.74, 6) is 0.716. The van der Waals surface area contributed by atoms with Crippen LogP contribution < -0.4 is 4.72 Å². The molecule has 1 saturated carbocycles. The number of halogens is 1. The van der Waals surface area contributed by atoms with Gasteiger partial charge >= 0.3 is 0 Å². The largest absolute Gasteiger partial charge is 0.250 e. The topological polar surface area (TPSA) is 46.2 Å². The Morgan fingerprint density at radius 2 is 2.06 bits per heavy atom. The Morgan fingerprint density at radius 1 is 1.35 bits per heavy atom. The third-order valence-electron chi connectivity index (χ3n) is 3.13. The highest BCUT2D eigenvalue weighted by Gasteiger charge is 2.18. The van der Waals surface area contributed by atoms with Crippen LogP contribution in [0, 0.1) is 5.92 Å². The molecule has 1 N–H and O–H groups in total. The van der Waals surface area contributed by atoms with E-state index in [-0.39, 0.29) is 0 Å². The standard InChI is InChI=1S/C11H16BrNO2S2/c12-10-5-6-11(16-10)17(14,15)13-8-7-9-3-1-2-4-9/h5-6,9,13H,1-4,7-8H2. The zero-order chi connectivity index (χ0) is 12.3. The molecule has 1 aliphatic carbocycles. The molecule has 0 unspecified atom stereocenters.